The summed E-state index contributed by atoms with van der Waals surface area (Å²) >= 11 is 0. The van der Waals surface area contributed by atoms with Crippen LogP contribution in [0.5, 0.6) is 0 Å². The van der Waals surface area contributed by atoms with Gasteiger partial charge in [0.2, 0.25) is 0 Å². The lowest BCUT2D eigenvalue weighted by Crippen LogP contribution is -2.42. The average molecular weight is 276 g/mol. The molecule has 0 bridgehead atoms. The third kappa shape index (κ3) is 8.24. The van der Waals surface area contributed by atoms with Crippen LogP contribution in [0, 0.1) is 0 Å². The lowest BCUT2D eigenvalue weighted by Gasteiger charge is -2.31. The maximum Gasteiger partial charge on any atom is 0.334 e. The van der Waals surface area contributed by atoms with Gasteiger partial charge in [0.25, 0.3) is 0 Å². The molecule has 0 spiro atoms. The molecule has 0 radical (unpaired) electrons. The number of hydrogen-bond acceptors (Lipinski definition) is 3. The van der Waals surface area contributed by atoms with Gasteiger partial charge in [0.05, 0.1) is 0 Å². The molecular formula is C14H33NO2Si. The van der Waals surface area contributed by atoms with Crippen LogP contribution >= 0.6 is 0 Å². The molecule has 18 heavy (non-hydrogen) atoms. The van der Waals surface area contributed by atoms with Gasteiger partial charge in [-0.15, -0.1) is 0 Å². The van der Waals surface area contributed by atoms with Crippen LogP contribution in [0.1, 0.15) is 59.3 Å². The maximum atomic E-state index is 6.34. The van der Waals surface area contributed by atoms with Crippen molar-refractivity contribution in [2.45, 2.75) is 78.0 Å². The Morgan fingerprint density at radius 1 is 1.06 bits per heavy atom. The maximum absolute atomic E-state index is 6.34. The molecule has 2 unspecified atom stereocenters. The average Bonchev–Trinajstić information content (AvgIpc) is 2.36. The highest BCUT2D eigenvalue weighted by Gasteiger charge is 2.32. The normalized spacial score (nSPS) is 16.5. The zero-order valence-corrected chi connectivity index (χ0v) is 13.8. The molecule has 0 aromatic carbocycles. The summed E-state index contributed by atoms with van der Waals surface area (Å²) in [6, 6.07) is 1.03. The minimum absolute atomic E-state index is 0.344. The van der Waals surface area contributed by atoms with Gasteiger partial charge in [-0.25, -0.2) is 0 Å². The van der Waals surface area contributed by atoms with Gasteiger partial charge < -0.3 is 14.6 Å². The summed E-state index contributed by atoms with van der Waals surface area (Å²) in [5.74, 6) is 0. The van der Waals surface area contributed by atoms with Crippen LogP contribution < -0.4 is 5.73 Å². The molecule has 2 atom stereocenters. The summed E-state index contributed by atoms with van der Waals surface area (Å²) in [5, 5.41) is 0. The Bertz CT molecular complexity index is 193. The van der Waals surface area contributed by atoms with Crippen LogP contribution in [0.15, 0.2) is 0 Å². The van der Waals surface area contributed by atoms with Crippen LogP contribution in [0.3, 0.4) is 0 Å². The van der Waals surface area contributed by atoms with Crippen molar-refractivity contribution in [3.63, 3.8) is 0 Å². The van der Waals surface area contributed by atoms with Crippen LogP contribution in [0.25, 0.3) is 0 Å². The van der Waals surface area contributed by atoms with Gasteiger partial charge in [0.15, 0.2) is 0 Å². The molecule has 0 fully saturated rings. The van der Waals surface area contributed by atoms with E-state index < -0.39 is 8.56 Å². The molecule has 0 aliphatic heterocycles. The van der Waals surface area contributed by atoms with E-state index in [1.165, 1.54) is 12.8 Å². The Kier molecular flexibility index (Phi) is 11.0. The minimum atomic E-state index is -1.95. The molecule has 0 heterocycles. The van der Waals surface area contributed by atoms with E-state index in [1.807, 2.05) is 0 Å². The lowest BCUT2D eigenvalue weighted by molar-refractivity contribution is 0.102. The summed E-state index contributed by atoms with van der Waals surface area (Å²) in [7, 11) is -1.95. The third-order valence-electron chi connectivity index (χ3n) is 3.30. The first-order chi connectivity index (χ1) is 8.61. The molecule has 0 amide bonds. The first kappa shape index (κ1) is 18.1. The molecule has 3 nitrogen and oxygen atoms in total. The van der Waals surface area contributed by atoms with E-state index in [9.17, 15) is 0 Å². The van der Waals surface area contributed by atoms with Crippen molar-refractivity contribution in [1.29, 1.82) is 0 Å². The second-order valence-corrected chi connectivity index (χ2v) is 8.65. The van der Waals surface area contributed by atoms with Crippen molar-refractivity contribution in [3.8, 4) is 0 Å². The van der Waals surface area contributed by atoms with Crippen molar-refractivity contribution >= 4 is 8.56 Å². The second-order valence-electron chi connectivity index (χ2n) is 5.15. The van der Waals surface area contributed by atoms with E-state index in [-0.39, 0.29) is 0 Å². The Morgan fingerprint density at radius 2 is 1.78 bits per heavy atom. The Labute approximate surface area is 115 Å². The SMILES string of the molecule is CCCCO[Si](C)(CC)OC(CCC)CCCN. The Balaban J connectivity index is 4.23. The van der Waals surface area contributed by atoms with Crippen LogP contribution in [0.2, 0.25) is 12.6 Å². The van der Waals surface area contributed by atoms with Crippen molar-refractivity contribution in [2.75, 3.05) is 13.2 Å². The molecule has 0 aromatic heterocycles. The molecule has 110 valence electrons. The monoisotopic (exact) mass is 275 g/mol. The fourth-order valence-electron chi connectivity index (χ4n) is 1.93. The number of nitrogens with two attached hydrogens (primary N) is 1. The molecule has 0 aromatic rings. The minimum Gasteiger partial charge on any atom is -0.394 e. The summed E-state index contributed by atoms with van der Waals surface area (Å²) < 4.78 is 12.4. The molecule has 0 saturated carbocycles. The summed E-state index contributed by atoms with van der Waals surface area (Å²) in [4.78, 5) is 0. The Morgan fingerprint density at radius 3 is 2.28 bits per heavy atom. The summed E-state index contributed by atoms with van der Waals surface area (Å²) in [6.45, 7) is 10.4. The topological polar surface area (TPSA) is 44.5 Å². The van der Waals surface area contributed by atoms with Crippen LogP contribution in [-0.2, 0) is 8.85 Å². The first-order valence-electron chi connectivity index (χ1n) is 7.63. The second kappa shape index (κ2) is 11.0. The molecular weight excluding hydrogens is 242 g/mol. The standard InChI is InChI=1S/C14H33NO2Si/c1-5-8-13-16-18(4,7-3)17-14(10-6-2)11-9-12-15/h14H,5-13,15H2,1-4H3. The third-order valence-corrected chi connectivity index (χ3v) is 6.24. The zero-order valence-electron chi connectivity index (χ0n) is 12.8. The molecule has 0 saturated heterocycles. The van der Waals surface area contributed by atoms with Crippen molar-refractivity contribution in [1.82, 2.24) is 0 Å². The largest absolute Gasteiger partial charge is 0.394 e. The van der Waals surface area contributed by atoms with Gasteiger partial charge in [-0.2, -0.15) is 0 Å². The Hall–Kier alpha value is 0.0969. The molecule has 0 aliphatic carbocycles. The van der Waals surface area contributed by atoms with Gasteiger partial charge >= 0.3 is 8.56 Å². The van der Waals surface area contributed by atoms with Crippen molar-refractivity contribution in [3.05, 3.63) is 0 Å². The lowest BCUT2D eigenvalue weighted by atomic mass is 10.1. The fourth-order valence-corrected chi connectivity index (χ4v) is 3.89. The van der Waals surface area contributed by atoms with E-state index in [0.717, 1.165) is 44.9 Å². The number of unbranched alkanes of at least 4 members (excludes halogenated alkanes) is 1. The highest BCUT2D eigenvalue weighted by molar-refractivity contribution is 6.65. The highest BCUT2D eigenvalue weighted by Crippen LogP contribution is 2.20. The van der Waals surface area contributed by atoms with Gasteiger partial charge in [0.1, 0.15) is 0 Å². The molecule has 2 N–H and O–H groups in total. The molecule has 0 aliphatic rings. The van der Waals surface area contributed by atoms with Gasteiger partial charge in [-0.1, -0.05) is 33.6 Å². The van der Waals surface area contributed by atoms with E-state index >= 15 is 0 Å². The van der Waals surface area contributed by atoms with E-state index in [0.29, 0.717) is 6.10 Å². The van der Waals surface area contributed by atoms with E-state index in [4.69, 9.17) is 14.6 Å². The quantitative estimate of drug-likeness (QED) is 0.435. The molecule has 0 rings (SSSR count). The van der Waals surface area contributed by atoms with Gasteiger partial charge in [-0.05, 0) is 44.8 Å². The number of hydrogen-bond donors (Lipinski definition) is 1. The summed E-state index contributed by atoms with van der Waals surface area (Å²) in [6.07, 6.45) is 7.07. The van der Waals surface area contributed by atoms with E-state index in [2.05, 4.69) is 27.3 Å². The number of rotatable bonds is 12. The van der Waals surface area contributed by atoms with E-state index in [1.54, 1.807) is 0 Å². The predicted molar refractivity (Wildman–Crippen MR) is 81.0 cm³/mol. The summed E-state index contributed by atoms with van der Waals surface area (Å²) in [5.41, 5.74) is 5.59. The highest BCUT2D eigenvalue weighted by atomic mass is 28.4. The van der Waals surface area contributed by atoms with Crippen molar-refractivity contribution in [2.24, 2.45) is 5.73 Å². The fraction of sp³-hybridized carbons (Fsp3) is 1.00. The van der Waals surface area contributed by atoms with Gasteiger partial charge in [-0.3, -0.25) is 0 Å². The smallest absolute Gasteiger partial charge is 0.334 e. The van der Waals surface area contributed by atoms with Crippen LogP contribution in [0.4, 0.5) is 0 Å². The first-order valence-corrected chi connectivity index (χ1v) is 10.2. The zero-order chi connectivity index (χ0) is 13.9. The predicted octanol–water partition coefficient (Wildman–Crippen LogP) is 3.82. The van der Waals surface area contributed by atoms with Crippen molar-refractivity contribution < 1.29 is 8.85 Å². The molecule has 4 heteroatoms. The van der Waals surface area contributed by atoms with Crippen LogP contribution in [-0.4, -0.2) is 27.8 Å². The van der Waals surface area contributed by atoms with Gasteiger partial charge in [0, 0.05) is 12.7 Å².